The number of benzene rings is 1. The van der Waals surface area contributed by atoms with Crippen LogP contribution in [0.1, 0.15) is 5.56 Å². The smallest absolute Gasteiger partial charge is 0.260 e. The fourth-order valence-corrected chi connectivity index (χ4v) is 2.10. The fraction of sp³-hybridized carbons (Fsp3) is 0.462. The fourth-order valence-electron chi connectivity index (χ4n) is 1.93. The molecule has 1 saturated heterocycles. The van der Waals surface area contributed by atoms with Gasteiger partial charge < -0.3 is 19.8 Å². The summed E-state index contributed by atoms with van der Waals surface area (Å²) >= 11 is 5.96. The van der Waals surface area contributed by atoms with Gasteiger partial charge in [0.2, 0.25) is 0 Å². The zero-order valence-corrected chi connectivity index (χ0v) is 11.3. The number of aliphatic hydroxyl groups excluding tert-OH is 2. The number of carbonyl (C=O) groups excluding carboxylic acids is 1. The monoisotopic (exact) mass is 285 g/mol. The van der Waals surface area contributed by atoms with Crippen LogP contribution >= 0.6 is 11.6 Å². The van der Waals surface area contributed by atoms with Crippen LogP contribution in [0.3, 0.4) is 0 Å². The summed E-state index contributed by atoms with van der Waals surface area (Å²) < 4.78 is 5.38. The molecule has 0 aromatic heterocycles. The van der Waals surface area contributed by atoms with Gasteiger partial charge >= 0.3 is 0 Å². The van der Waals surface area contributed by atoms with Crippen LogP contribution in [0, 0.1) is 6.92 Å². The molecule has 0 saturated carbocycles. The standard InChI is InChI=1S/C13H16ClNO4/c1-8-2-3-9(14)12(4-8)19-7-13(18)15-5-10(16)11(17)6-15/h2-4,10-11,16-17H,5-7H2,1H3/t10-,11+. The molecule has 104 valence electrons. The molecule has 0 unspecified atom stereocenters. The second kappa shape index (κ2) is 5.77. The van der Waals surface area contributed by atoms with Gasteiger partial charge in [0.15, 0.2) is 6.61 Å². The first-order valence-electron chi connectivity index (χ1n) is 6.00. The van der Waals surface area contributed by atoms with Gasteiger partial charge in [0.05, 0.1) is 17.2 Å². The number of carbonyl (C=O) groups is 1. The highest BCUT2D eigenvalue weighted by molar-refractivity contribution is 6.32. The first-order valence-corrected chi connectivity index (χ1v) is 6.38. The zero-order chi connectivity index (χ0) is 14.0. The topological polar surface area (TPSA) is 70.0 Å². The molecule has 1 aliphatic heterocycles. The van der Waals surface area contributed by atoms with Gasteiger partial charge in [-0.3, -0.25) is 4.79 Å². The predicted molar refractivity (Wildman–Crippen MR) is 70.3 cm³/mol. The Kier molecular flexibility index (Phi) is 4.29. The highest BCUT2D eigenvalue weighted by Gasteiger charge is 2.32. The largest absolute Gasteiger partial charge is 0.482 e. The summed E-state index contributed by atoms with van der Waals surface area (Å²) in [5.41, 5.74) is 0.985. The van der Waals surface area contributed by atoms with Gasteiger partial charge in [-0.2, -0.15) is 0 Å². The van der Waals surface area contributed by atoms with Gasteiger partial charge in [0, 0.05) is 13.1 Å². The third kappa shape index (κ3) is 3.37. The second-order valence-corrected chi connectivity index (χ2v) is 5.06. The van der Waals surface area contributed by atoms with Crippen molar-refractivity contribution in [1.82, 2.24) is 4.90 Å². The molecular formula is C13H16ClNO4. The van der Waals surface area contributed by atoms with Gasteiger partial charge in [-0.05, 0) is 24.6 Å². The Bertz CT molecular complexity index is 470. The molecule has 1 amide bonds. The molecule has 1 aromatic rings. The molecule has 2 N–H and O–H groups in total. The van der Waals surface area contributed by atoms with Crippen LogP contribution < -0.4 is 4.74 Å². The van der Waals surface area contributed by atoms with Crippen LogP contribution in [0.5, 0.6) is 5.75 Å². The van der Waals surface area contributed by atoms with Crippen molar-refractivity contribution in [2.45, 2.75) is 19.1 Å². The Morgan fingerprint density at radius 2 is 2.05 bits per heavy atom. The van der Waals surface area contributed by atoms with Crippen molar-refractivity contribution in [1.29, 1.82) is 0 Å². The molecule has 1 fully saturated rings. The molecule has 0 radical (unpaired) electrons. The normalized spacial score (nSPS) is 22.6. The molecule has 2 atom stereocenters. The lowest BCUT2D eigenvalue weighted by Crippen LogP contribution is -2.34. The van der Waals surface area contributed by atoms with E-state index in [-0.39, 0.29) is 25.6 Å². The molecule has 0 aliphatic carbocycles. The molecular weight excluding hydrogens is 270 g/mol. The van der Waals surface area contributed by atoms with E-state index in [1.807, 2.05) is 13.0 Å². The van der Waals surface area contributed by atoms with Gasteiger partial charge in [-0.1, -0.05) is 17.7 Å². The van der Waals surface area contributed by atoms with E-state index in [2.05, 4.69) is 0 Å². The minimum absolute atomic E-state index is 0.130. The van der Waals surface area contributed by atoms with E-state index in [0.717, 1.165) is 5.56 Å². The lowest BCUT2D eigenvalue weighted by Gasteiger charge is -2.16. The number of hydrogen-bond donors (Lipinski definition) is 2. The predicted octanol–water partition coefficient (Wildman–Crippen LogP) is 0.591. The van der Waals surface area contributed by atoms with Gasteiger partial charge in [0.25, 0.3) is 5.91 Å². The quantitative estimate of drug-likeness (QED) is 0.853. The number of halogens is 1. The van der Waals surface area contributed by atoms with Crippen LogP contribution in [0.15, 0.2) is 18.2 Å². The molecule has 5 nitrogen and oxygen atoms in total. The van der Waals surface area contributed by atoms with Crippen molar-refractivity contribution in [3.63, 3.8) is 0 Å². The highest BCUT2D eigenvalue weighted by atomic mass is 35.5. The number of aliphatic hydroxyl groups is 2. The van der Waals surface area contributed by atoms with Crippen molar-refractivity contribution in [2.75, 3.05) is 19.7 Å². The van der Waals surface area contributed by atoms with Crippen molar-refractivity contribution >= 4 is 17.5 Å². The van der Waals surface area contributed by atoms with E-state index < -0.39 is 12.2 Å². The summed E-state index contributed by atoms with van der Waals surface area (Å²) in [6.07, 6.45) is -1.77. The summed E-state index contributed by atoms with van der Waals surface area (Å²) in [6, 6.07) is 5.31. The number of likely N-dealkylation sites (tertiary alicyclic amines) is 1. The molecule has 1 aliphatic rings. The molecule has 19 heavy (non-hydrogen) atoms. The van der Waals surface area contributed by atoms with E-state index in [1.165, 1.54) is 4.90 Å². The molecule has 0 bridgehead atoms. The summed E-state index contributed by atoms with van der Waals surface area (Å²) in [5.74, 6) is 0.170. The van der Waals surface area contributed by atoms with Crippen LogP contribution in [0.25, 0.3) is 0 Å². The van der Waals surface area contributed by atoms with Crippen molar-refractivity contribution in [2.24, 2.45) is 0 Å². The lowest BCUT2D eigenvalue weighted by atomic mass is 10.2. The molecule has 1 heterocycles. The maximum Gasteiger partial charge on any atom is 0.260 e. The van der Waals surface area contributed by atoms with E-state index in [9.17, 15) is 15.0 Å². The van der Waals surface area contributed by atoms with Crippen LogP contribution in [-0.2, 0) is 4.79 Å². The maximum atomic E-state index is 11.8. The second-order valence-electron chi connectivity index (χ2n) is 4.66. The Balaban J connectivity index is 1.92. The van der Waals surface area contributed by atoms with Crippen LogP contribution in [-0.4, -0.2) is 52.9 Å². The van der Waals surface area contributed by atoms with Crippen LogP contribution in [0.2, 0.25) is 5.02 Å². The lowest BCUT2D eigenvalue weighted by molar-refractivity contribution is -0.132. The van der Waals surface area contributed by atoms with Gasteiger partial charge in [-0.25, -0.2) is 0 Å². The third-order valence-corrected chi connectivity index (χ3v) is 3.36. The SMILES string of the molecule is Cc1ccc(Cl)c(OCC(=O)N2C[C@@H](O)[C@@H](O)C2)c1. The summed E-state index contributed by atoms with van der Waals surface area (Å²) in [6.45, 7) is 2.00. The number of rotatable bonds is 3. The summed E-state index contributed by atoms with van der Waals surface area (Å²) in [4.78, 5) is 13.2. The highest BCUT2D eigenvalue weighted by Crippen LogP contribution is 2.25. The minimum atomic E-state index is -0.883. The first-order chi connectivity index (χ1) is 8.97. The number of ether oxygens (including phenoxy) is 1. The van der Waals surface area contributed by atoms with Crippen molar-refractivity contribution in [3.05, 3.63) is 28.8 Å². The molecule has 0 spiro atoms. The summed E-state index contributed by atoms with van der Waals surface area (Å²) in [5, 5.41) is 19.2. The summed E-state index contributed by atoms with van der Waals surface area (Å²) in [7, 11) is 0. The van der Waals surface area contributed by atoms with Crippen molar-refractivity contribution < 1.29 is 19.7 Å². The average molecular weight is 286 g/mol. The number of aryl methyl sites for hydroxylation is 1. The Labute approximate surface area is 116 Å². The van der Waals surface area contributed by atoms with Crippen molar-refractivity contribution in [3.8, 4) is 5.75 Å². The van der Waals surface area contributed by atoms with E-state index >= 15 is 0 Å². The number of amides is 1. The number of β-amino-alcohol motifs (C(OH)–C–C–N with tert-alkyl or cyclic N) is 2. The van der Waals surface area contributed by atoms with E-state index in [0.29, 0.717) is 10.8 Å². The Morgan fingerprint density at radius 1 is 1.42 bits per heavy atom. The maximum absolute atomic E-state index is 11.8. The van der Waals surface area contributed by atoms with Gasteiger partial charge in [-0.15, -0.1) is 0 Å². The van der Waals surface area contributed by atoms with E-state index in [4.69, 9.17) is 16.3 Å². The molecule has 6 heteroatoms. The Hall–Kier alpha value is -1.30. The number of hydrogen-bond acceptors (Lipinski definition) is 4. The molecule has 1 aromatic carbocycles. The van der Waals surface area contributed by atoms with Crippen LogP contribution in [0.4, 0.5) is 0 Å². The van der Waals surface area contributed by atoms with E-state index in [1.54, 1.807) is 12.1 Å². The zero-order valence-electron chi connectivity index (χ0n) is 10.5. The average Bonchev–Trinajstić information content (AvgIpc) is 2.70. The number of nitrogens with zero attached hydrogens (tertiary/aromatic N) is 1. The Morgan fingerprint density at radius 3 is 2.68 bits per heavy atom. The van der Waals surface area contributed by atoms with Gasteiger partial charge in [0.1, 0.15) is 5.75 Å². The third-order valence-electron chi connectivity index (χ3n) is 3.05. The first kappa shape index (κ1) is 14.1. The molecule has 2 rings (SSSR count). The minimum Gasteiger partial charge on any atom is -0.482 e.